The molecule has 1 aliphatic heterocycles. The van der Waals surface area contributed by atoms with Crippen molar-refractivity contribution in [2.75, 3.05) is 33.2 Å². The molecule has 0 bridgehead atoms. The van der Waals surface area contributed by atoms with Gasteiger partial charge in [0.05, 0.1) is 0 Å². The van der Waals surface area contributed by atoms with Crippen molar-refractivity contribution >= 4 is 0 Å². The molecule has 13 heavy (non-hydrogen) atoms. The summed E-state index contributed by atoms with van der Waals surface area (Å²) in [6.07, 6.45) is 3.99. The van der Waals surface area contributed by atoms with Crippen LogP contribution in [-0.2, 0) is 0 Å². The lowest BCUT2D eigenvalue weighted by Gasteiger charge is -2.37. The molecule has 1 aliphatic rings. The molecule has 0 saturated carbocycles. The Hall–Kier alpha value is -0.0800. The third-order valence-corrected chi connectivity index (χ3v) is 2.94. The zero-order chi connectivity index (χ0) is 9.73. The van der Waals surface area contributed by atoms with E-state index in [-0.39, 0.29) is 0 Å². The second kappa shape index (κ2) is 4.97. The highest BCUT2D eigenvalue weighted by Crippen LogP contribution is 2.25. The topological polar surface area (TPSA) is 15.3 Å². The standard InChI is InChI=1S/C11H24N2/c1-4-8-13(3)10-11(2)6-5-7-12-9-11/h12H,4-10H2,1-3H3. The molecule has 2 nitrogen and oxygen atoms in total. The van der Waals surface area contributed by atoms with Crippen molar-refractivity contribution in [1.29, 1.82) is 0 Å². The van der Waals surface area contributed by atoms with Gasteiger partial charge in [0.15, 0.2) is 0 Å². The Balaban J connectivity index is 2.31. The van der Waals surface area contributed by atoms with Crippen LogP contribution in [0.5, 0.6) is 0 Å². The maximum atomic E-state index is 3.50. The fourth-order valence-electron chi connectivity index (χ4n) is 2.37. The van der Waals surface area contributed by atoms with Crippen LogP contribution >= 0.6 is 0 Å². The smallest absolute Gasteiger partial charge is 0.00444 e. The minimum Gasteiger partial charge on any atom is -0.316 e. The first-order chi connectivity index (χ1) is 6.16. The van der Waals surface area contributed by atoms with E-state index in [1.807, 2.05) is 0 Å². The lowest BCUT2D eigenvalue weighted by molar-refractivity contribution is 0.153. The number of hydrogen-bond acceptors (Lipinski definition) is 2. The molecule has 0 spiro atoms. The van der Waals surface area contributed by atoms with E-state index in [1.165, 1.54) is 45.4 Å². The second-order valence-electron chi connectivity index (χ2n) is 4.83. The van der Waals surface area contributed by atoms with Crippen molar-refractivity contribution in [2.24, 2.45) is 5.41 Å². The molecule has 0 amide bonds. The molecule has 2 heteroatoms. The number of hydrogen-bond donors (Lipinski definition) is 1. The molecule has 0 aromatic heterocycles. The molecule has 0 radical (unpaired) electrons. The van der Waals surface area contributed by atoms with Gasteiger partial charge in [-0.25, -0.2) is 0 Å². The van der Waals surface area contributed by atoms with E-state index in [2.05, 4.69) is 31.1 Å². The van der Waals surface area contributed by atoms with E-state index in [0.29, 0.717) is 5.41 Å². The Morgan fingerprint density at radius 1 is 1.46 bits per heavy atom. The first kappa shape index (κ1) is 11.0. The largest absolute Gasteiger partial charge is 0.316 e. The van der Waals surface area contributed by atoms with Crippen molar-refractivity contribution in [3.05, 3.63) is 0 Å². The van der Waals surface area contributed by atoms with Gasteiger partial charge < -0.3 is 10.2 Å². The molecule has 1 N–H and O–H groups in total. The second-order valence-corrected chi connectivity index (χ2v) is 4.83. The molecule has 0 aromatic carbocycles. The normalized spacial score (nSPS) is 29.5. The van der Waals surface area contributed by atoms with Gasteiger partial charge >= 0.3 is 0 Å². The molecule has 1 atom stereocenters. The summed E-state index contributed by atoms with van der Waals surface area (Å²) in [6, 6.07) is 0. The van der Waals surface area contributed by atoms with Crippen molar-refractivity contribution in [3.63, 3.8) is 0 Å². The first-order valence-electron chi connectivity index (χ1n) is 5.55. The van der Waals surface area contributed by atoms with Gasteiger partial charge in [0.2, 0.25) is 0 Å². The Morgan fingerprint density at radius 3 is 2.77 bits per heavy atom. The average molecular weight is 184 g/mol. The summed E-state index contributed by atoms with van der Waals surface area (Å²) in [5.74, 6) is 0. The molecule has 0 aliphatic carbocycles. The quantitative estimate of drug-likeness (QED) is 0.715. The van der Waals surface area contributed by atoms with Crippen LogP contribution in [0.15, 0.2) is 0 Å². The van der Waals surface area contributed by atoms with Crippen LogP contribution in [0.2, 0.25) is 0 Å². The fraction of sp³-hybridized carbons (Fsp3) is 1.00. The molecule has 1 heterocycles. The van der Waals surface area contributed by atoms with Gasteiger partial charge in [-0.3, -0.25) is 0 Å². The number of piperidine rings is 1. The van der Waals surface area contributed by atoms with E-state index < -0.39 is 0 Å². The molecule has 1 saturated heterocycles. The Kier molecular flexibility index (Phi) is 4.20. The summed E-state index contributed by atoms with van der Waals surface area (Å²) in [5, 5.41) is 3.50. The minimum absolute atomic E-state index is 0.516. The van der Waals surface area contributed by atoms with Crippen LogP contribution in [0.4, 0.5) is 0 Å². The molecule has 0 aromatic rings. The third-order valence-electron chi connectivity index (χ3n) is 2.94. The van der Waals surface area contributed by atoms with Gasteiger partial charge in [-0.1, -0.05) is 13.8 Å². The maximum Gasteiger partial charge on any atom is 0.00444 e. The molecule has 78 valence electrons. The lowest BCUT2D eigenvalue weighted by atomic mass is 9.82. The van der Waals surface area contributed by atoms with Crippen LogP contribution in [-0.4, -0.2) is 38.1 Å². The van der Waals surface area contributed by atoms with E-state index in [9.17, 15) is 0 Å². The van der Waals surface area contributed by atoms with E-state index in [1.54, 1.807) is 0 Å². The summed E-state index contributed by atoms with van der Waals surface area (Å²) < 4.78 is 0. The predicted octanol–water partition coefficient (Wildman–Crippen LogP) is 1.72. The SMILES string of the molecule is CCCN(C)CC1(C)CCCNC1. The zero-order valence-electron chi connectivity index (χ0n) is 9.40. The fourth-order valence-corrected chi connectivity index (χ4v) is 2.37. The Bertz CT molecular complexity index is 139. The van der Waals surface area contributed by atoms with Crippen LogP contribution in [0.3, 0.4) is 0 Å². The summed E-state index contributed by atoms with van der Waals surface area (Å²) in [6.45, 7) is 9.54. The molecule has 1 unspecified atom stereocenters. The number of rotatable bonds is 4. The first-order valence-corrected chi connectivity index (χ1v) is 5.55. The van der Waals surface area contributed by atoms with Crippen LogP contribution in [0.1, 0.15) is 33.1 Å². The summed E-state index contributed by atoms with van der Waals surface area (Å²) in [7, 11) is 2.24. The van der Waals surface area contributed by atoms with Crippen LogP contribution in [0, 0.1) is 5.41 Å². The van der Waals surface area contributed by atoms with Gasteiger partial charge in [-0.2, -0.15) is 0 Å². The predicted molar refractivity (Wildman–Crippen MR) is 58.0 cm³/mol. The van der Waals surface area contributed by atoms with Crippen LogP contribution in [0.25, 0.3) is 0 Å². The molecule has 1 fully saturated rings. The van der Waals surface area contributed by atoms with Crippen molar-refractivity contribution < 1.29 is 0 Å². The van der Waals surface area contributed by atoms with Gasteiger partial charge in [-0.05, 0) is 44.8 Å². The van der Waals surface area contributed by atoms with Gasteiger partial charge in [0, 0.05) is 13.1 Å². The number of nitrogens with zero attached hydrogens (tertiary/aromatic N) is 1. The van der Waals surface area contributed by atoms with Crippen molar-refractivity contribution in [1.82, 2.24) is 10.2 Å². The zero-order valence-corrected chi connectivity index (χ0v) is 9.40. The van der Waals surface area contributed by atoms with Gasteiger partial charge in [-0.15, -0.1) is 0 Å². The monoisotopic (exact) mass is 184 g/mol. The highest BCUT2D eigenvalue weighted by molar-refractivity contribution is 4.83. The Labute approximate surface area is 82.7 Å². The molecular weight excluding hydrogens is 160 g/mol. The van der Waals surface area contributed by atoms with Gasteiger partial charge in [0.1, 0.15) is 0 Å². The molecular formula is C11H24N2. The van der Waals surface area contributed by atoms with E-state index in [0.717, 1.165) is 0 Å². The highest BCUT2D eigenvalue weighted by atomic mass is 15.1. The molecule has 1 rings (SSSR count). The van der Waals surface area contributed by atoms with Crippen molar-refractivity contribution in [2.45, 2.75) is 33.1 Å². The Morgan fingerprint density at radius 2 is 2.23 bits per heavy atom. The van der Waals surface area contributed by atoms with Gasteiger partial charge in [0.25, 0.3) is 0 Å². The summed E-state index contributed by atoms with van der Waals surface area (Å²) in [5.41, 5.74) is 0.516. The average Bonchev–Trinajstić information content (AvgIpc) is 2.04. The summed E-state index contributed by atoms with van der Waals surface area (Å²) >= 11 is 0. The maximum absolute atomic E-state index is 3.50. The van der Waals surface area contributed by atoms with Crippen molar-refractivity contribution in [3.8, 4) is 0 Å². The highest BCUT2D eigenvalue weighted by Gasteiger charge is 2.27. The summed E-state index contributed by atoms with van der Waals surface area (Å²) in [4.78, 5) is 2.47. The van der Waals surface area contributed by atoms with Crippen LogP contribution < -0.4 is 5.32 Å². The van der Waals surface area contributed by atoms with E-state index in [4.69, 9.17) is 0 Å². The van der Waals surface area contributed by atoms with E-state index >= 15 is 0 Å². The third kappa shape index (κ3) is 3.65. The number of nitrogens with one attached hydrogen (secondary N) is 1. The minimum atomic E-state index is 0.516. The lowest BCUT2D eigenvalue weighted by Crippen LogP contribution is -2.44.